The lowest BCUT2D eigenvalue weighted by atomic mass is 10.1. The summed E-state index contributed by atoms with van der Waals surface area (Å²) >= 11 is 0. The Morgan fingerprint density at radius 2 is 1.56 bits per heavy atom. The van der Waals surface area contributed by atoms with E-state index in [2.05, 4.69) is 5.32 Å². The highest BCUT2D eigenvalue weighted by atomic mass is 16.4. The standard InChI is InChI=1S/C21H18N2O4/c24-19(16-10-5-2-6-11-16)22-17-12-7-13-23(20(17)25)18(21(26)27)14-15-8-3-1-4-9-15/h1-13,18H,14H2,(H,22,24)(H,26,27)/t18-/m0/s1. The van der Waals surface area contributed by atoms with E-state index in [1.807, 2.05) is 30.3 Å². The Balaban J connectivity index is 1.89. The first-order valence-corrected chi connectivity index (χ1v) is 8.40. The summed E-state index contributed by atoms with van der Waals surface area (Å²) in [6.45, 7) is 0. The number of hydrogen-bond acceptors (Lipinski definition) is 3. The maximum atomic E-state index is 12.8. The summed E-state index contributed by atoms with van der Waals surface area (Å²) < 4.78 is 1.13. The summed E-state index contributed by atoms with van der Waals surface area (Å²) in [7, 11) is 0. The fraction of sp³-hybridized carbons (Fsp3) is 0.0952. The second-order valence-corrected chi connectivity index (χ2v) is 6.00. The van der Waals surface area contributed by atoms with E-state index in [-0.39, 0.29) is 12.1 Å². The van der Waals surface area contributed by atoms with Gasteiger partial charge in [-0.05, 0) is 29.8 Å². The average molecular weight is 362 g/mol. The third-order valence-corrected chi connectivity index (χ3v) is 4.15. The minimum atomic E-state index is -1.12. The molecule has 0 fully saturated rings. The Morgan fingerprint density at radius 3 is 2.19 bits per heavy atom. The third-order valence-electron chi connectivity index (χ3n) is 4.15. The molecule has 1 atom stereocenters. The Kier molecular flexibility index (Phi) is 5.47. The van der Waals surface area contributed by atoms with Gasteiger partial charge < -0.3 is 10.4 Å². The topological polar surface area (TPSA) is 88.4 Å². The highest BCUT2D eigenvalue weighted by Crippen LogP contribution is 2.15. The van der Waals surface area contributed by atoms with Gasteiger partial charge in [-0.2, -0.15) is 0 Å². The number of carboxylic acid groups (broad SMARTS) is 1. The molecule has 27 heavy (non-hydrogen) atoms. The SMILES string of the molecule is O=C(Nc1cccn([C@@H](Cc2ccccc2)C(=O)O)c1=O)c1ccccc1. The Labute approximate surface area is 155 Å². The fourth-order valence-corrected chi connectivity index (χ4v) is 2.78. The number of carboxylic acids is 1. The first-order valence-electron chi connectivity index (χ1n) is 8.40. The number of carbonyl (C=O) groups excluding carboxylic acids is 1. The van der Waals surface area contributed by atoms with E-state index in [9.17, 15) is 19.5 Å². The van der Waals surface area contributed by atoms with Gasteiger partial charge in [-0.25, -0.2) is 4.79 Å². The zero-order valence-electron chi connectivity index (χ0n) is 14.4. The van der Waals surface area contributed by atoms with Crippen LogP contribution >= 0.6 is 0 Å². The minimum Gasteiger partial charge on any atom is -0.480 e. The molecular weight excluding hydrogens is 344 g/mol. The largest absolute Gasteiger partial charge is 0.480 e. The van der Waals surface area contributed by atoms with E-state index >= 15 is 0 Å². The molecule has 0 saturated carbocycles. The Morgan fingerprint density at radius 1 is 0.926 bits per heavy atom. The normalized spacial score (nSPS) is 11.6. The van der Waals surface area contributed by atoms with Gasteiger partial charge in [-0.3, -0.25) is 14.2 Å². The van der Waals surface area contributed by atoms with E-state index in [0.29, 0.717) is 5.56 Å². The van der Waals surface area contributed by atoms with E-state index in [0.717, 1.165) is 10.1 Å². The number of aliphatic carboxylic acids is 1. The van der Waals surface area contributed by atoms with Gasteiger partial charge in [0.1, 0.15) is 11.7 Å². The van der Waals surface area contributed by atoms with Crippen LogP contribution in [0.4, 0.5) is 5.69 Å². The van der Waals surface area contributed by atoms with Crippen molar-refractivity contribution in [3.05, 3.63) is 100 Å². The molecule has 3 aromatic rings. The molecule has 1 heterocycles. The number of benzene rings is 2. The molecule has 1 aromatic heterocycles. The molecule has 3 rings (SSSR count). The minimum absolute atomic E-state index is 0.0330. The molecule has 2 N–H and O–H groups in total. The summed E-state index contributed by atoms with van der Waals surface area (Å²) in [5.74, 6) is -1.55. The smallest absolute Gasteiger partial charge is 0.327 e. The number of nitrogens with zero attached hydrogens (tertiary/aromatic N) is 1. The molecule has 0 unspecified atom stereocenters. The number of pyridine rings is 1. The lowest BCUT2D eigenvalue weighted by Crippen LogP contribution is -2.33. The van der Waals surface area contributed by atoms with Crippen LogP contribution in [-0.4, -0.2) is 21.6 Å². The predicted octanol–water partition coefficient (Wildman–Crippen LogP) is 2.97. The van der Waals surface area contributed by atoms with Crippen molar-refractivity contribution < 1.29 is 14.7 Å². The molecule has 136 valence electrons. The summed E-state index contributed by atoms with van der Waals surface area (Å²) in [6.07, 6.45) is 1.58. The van der Waals surface area contributed by atoms with Crippen LogP contribution in [0.3, 0.4) is 0 Å². The third kappa shape index (κ3) is 4.30. The lowest BCUT2D eigenvalue weighted by molar-refractivity contribution is -0.141. The van der Waals surface area contributed by atoms with Crippen LogP contribution in [0.1, 0.15) is 22.0 Å². The molecule has 0 aliphatic heterocycles. The quantitative estimate of drug-likeness (QED) is 0.706. The Hall–Kier alpha value is -3.67. The van der Waals surface area contributed by atoms with Crippen molar-refractivity contribution in [2.24, 2.45) is 0 Å². The number of nitrogens with one attached hydrogen (secondary N) is 1. The highest BCUT2D eigenvalue weighted by molar-refractivity contribution is 6.04. The first-order chi connectivity index (χ1) is 13.1. The van der Waals surface area contributed by atoms with Crippen LogP contribution in [0.15, 0.2) is 83.8 Å². The van der Waals surface area contributed by atoms with Gasteiger partial charge in [0.15, 0.2) is 0 Å². The molecule has 0 bridgehead atoms. The van der Waals surface area contributed by atoms with Crippen molar-refractivity contribution >= 4 is 17.6 Å². The molecule has 0 saturated heterocycles. The van der Waals surface area contributed by atoms with Crippen LogP contribution in [0.2, 0.25) is 0 Å². The number of anilines is 1. The maximum absolute atomic E-state index is 12.8. The van der Waals surface area contributed by atoms with Gasteiger partial charge >= 0.3 is 5.97 Å². The molecule has 0 radical (unpaired) electrons. The molecule has 2 aromatic carbocycles. The van der Waals surface area contributed by atoms with E-state index in [1.54, 1.807) is 36.4 Å². The second-order valence-electron chi connectivity index (χ2n) is 6.00. The monoisotopic (exact) mass is 362 g/mol. The molecule has 6 heteroatoms. The summed E-state index contributed by atoms with van der Waals surface area (Å²) in [4.78, 5) is 36.8. The van der Waals surface area contributed by atoms with Gasteiger partial charge in [0, 0.05) is 18.2 Å². The zero-order chi connectivity index (χ0) is 19.2. The number of rotatable bonds is 6. The van der Waals surface area contributed by atoms with E-state index in [4.69, 9.17) is 0 Å². The molecule has 0 spiro atoms. The molecule has 0 aliphatic carbocycles. The summed E-state index contributed by atoms with van der Waals surface area (Å²) in [5, 5.41) is 12.2. The van der Waals surface area contributed by atoms with Crippen LogP contribution in [-0.2, 0) is 11.2 Å². The number of hydrogen-bond donors (Lipinski definition) is 2. The predicted molar refractivity (Wildman–Crippen MR) is 102 cm³/mol. The maximum Gasteiger partial charge on any atom is 0.327 e. The number of aromatic nitrogens is 1. The lowest BCUT2D eigenvalue weighted by Gasteiger charge is -2.17. The second kappa shape index (κ2) is 8.14. The Bertz CT molecular complexity index is 997. The molecule has 6 nitrogen and oxygen atoms in total. The van der Waals surface area contributed by atoms with Gasteiger partial charge in [-0.15, -0.1) is 0 Å². The molecule has 1 amide bonds. The van der Waals surface area contributed by atoms with E-state index in [1.165, 1.54) is 12.3 Å². The van der Waals surface area contributed by atoms with Gasteiger partial charge in [-0.1, -0.05) is 48.5 Å². The van der Waals surface area contributed by atoms with Crippen LogP contribution in [0.25, 0.3) is 0 Å². The van der Waals surface area contributed by atoms with Crippen LogP contribution in [0, 0.1) is 0 Å². The van der Waals surface area contributed by atoms with Gasteiger partial charge in [0.2, 0.25) is 0 Å². The summed E-state index contributed by atoms with van der Waals surface area (Å²) in [6, 6.07) is 19.5. The highest BCUT2D eigenvalue weighted by Gasteiger charge is 2.22. The van der Waals surface area contributed by atoms with Crippen LogP contribution in [0.5, 0.6) is 0 Å². The van der Waals surface area contributed by atoms with Crippen LogP contribution < -0.4 is 10.9 Å². The van der Waals surface area contributed by atoms with Crippen molar-refractivity contribution in [2.45, 2.75) is 12.5 Å². The van der Waals surface area contributed by atoms with Gasteiger partial charge in [0.25, 0.3) is 11.5 Å². The number of carbonyl (C=O) groups is 2. The van der Waals surface area contributed by atoms with Gasteiger partial charge in [0.05, 0.1) is 0 Å². The fourth-order valence-electron chi connectivity index (χ4n) is 2.78. The zero-order valence-corrected chi connectivity index (χ0v) is 14.4. The van der Waals surface area contributed by atoms with Crippen molar-refractivity contribution in [2.75, 3.05) is 5.32 Å². The number of amides is 1. The van der Waals surface area contributed by atoms with Crippen molar-refractivity contribution in [1.82, 2.24) is 4.57 Å². The van der Waals surface area contributed by atoms with Crippen molar-refractivity contribution in [1.29, 1.82) is 0 Å². The van der Waals surface area contributed by atoms with E-state index < -0.39 is 23.5 Å². The summed E-state index contributed by atoms with van der Waals surface area (Å²) in [5.41, 5.74) is 0.678. The van der Waals surface area contributed by atoms with Crippen molar-refractivity contribution in [3.8, 4) is 0 Å². The van der Waals surface area contributed by atoms with Crippen molar-refractivity contribution in [3.63, 3.8) is 0 Å². The molecule has 0 aliphatic rings. The first kappa shape index (κ1) is 18.1. The average Bonchev–Trinajstić information content (AvgIpc) is 2.69. The molecular formula is C21H18N2O4.